The Balaban J connectivity index is 1.37. The van der Waals surface area contributed by atoms with Gasteiger partial charge in [-0.15, -0.1) is 0 Å². The Kier molecular flexibility index (Phi) is 5.60. The highest BCUT2D eigenvalue weighted by molar-refractivity contribution is 5.82. The fourth-order valence-electron chi connectivity index (χ4n) is 9.14. The van der Waals surface area contributed by atoms with Gasteiger partial charge in [0.05, 0.1) is 24.9 Å². The van der Waals surface area contributed by atoms with Gasteiger partial charge in [-0.25, -0.2) is 0 Å². The van der Waals surface area contributed by atoms with Crippen LogP contribution in [0, 0.1) is 47.3 Å². The minimum Gasteiger partial charge on any atom is -0.390 e. The van der Waals surface area contributed by atoms with Gasteiger partial charge in [-0.1, -0.05) is 6.92 Å². The number of hydrogen-bond acceptors (Lipinski definition) is 4. The van der Waals surface area contributed by atoms with Gasteiger partial charge in [0.1, 0.15) is 0 Å². The molecule has 5 nitrogen and oxygen atoms in total. The largest absolute Gasteiger partial charge is 0.390 e. The van der Waals surface area contributed by atoms with Crippen LogP contribution in [0.15, 0.2) is 12.4 Å². The average Bonchev–Trinajstić information content (AvgIpc) is 3.30. The summed E-state index contributed by atoms with van der Waals surface area (Å²) in [6.07, 6.45) is 13.8. The molecule has 32 heavy (non-hydrogen) atoms. The lowest BCUT2D eigenvalue weighted by molar-refractivity contribution is -0.175. The van der Waals surface area contributed by atoms with E-state index in [-0.39, 0.29) is 16.7 Å². The molecular weight excluding hydrogens is 400 g/mol. The molecule has 0 spiro atoms. The van der Waals surface area contributed by atoms with Gasteiger partial charge in [-0.2, -0.15) is 5.10 Å². The second-order valence-electron chi connectivity index (χ2n) is 12.4. The number of aryl methyl sites for hydroxylation is 1. The molecule has 4 fully saturated rings. The van der Waals surface area contributed by atoms with Crippen LogP contribution in [-0.4, -0.2) is 40.0 Å². The number of nitrogens with zero attached hydrogens (tertiary/aromatic N) is 2. The van der Waals surface area contributed by atoms with Crippen molar-refractivity contribution in [1.29, 1.82) is 0 Å². The number of hydrogen-bond donors (Lipinski definition) is 1. The molecule has 1 N–H and O–H groups in total. The number of methoxy groups -OCH3 is 1. The molecule has 4 aliphatic carbocycles. The fourth-order valence-corrected chi connectivity index (χ4v) is 9.14. The van der Waals surface area contributed by atoms with Gasteiger partial charge < -0.3 is 9.84 Å². The van der Waals surface area contributed by atoms with Crippen LogP contribution in [0.4, 0.5) is 0 Å². The molecule has 1 unspecified atom stereocenters. The second kappa shape index (κ2) is 7.94. The monoisotopic (exact) mass is 442 g/mol. The van der Waals surface area contributed by atoms with Gasteiger partial charge in [-0.3, -0.25) is 9.48 Å². The topological polar surface area (TPSA) is 64.3 Å². The Morgan fingerprint density at radius 2 is 1.97 bits per heavy atom. The molecular formula is C27H42N2O3. The predicted molar refractivity (Wildman–Crippen MR) is 124 cm³/mol. The highest BCUT2D eigenvalue weighted by Gasteiger charge is 2.63. The van der Waals surface area contributed by atoms with E-state index in [1.165, 1.54) is 25.7 Å². The van der Waals surface area contributed by atoms with Crippen molar-refractivity contribution in [3.05, 3.63) is 18.0 Å². The molecule has 8 atom stereocenters. The third-order valence-corrected chi connectivity index (χ3v) is 10.5. The van der Waals surface area contributed by atoms with E-state index >= 15 is 0 Å². The third-order valence-electron chi connectivity index (χ3n) is 10.5. The summed E-state index contributed by atoms with van der Waals surface area (Å²) in [4.78, 5) is 13.4. The predicted octanol–water partition coefficient (Wildman–Crippen LogP) is 4.80. The molecule has 0 radical (unpaired) electrons. The van der Waals surface area contributed by atoms with Gasteiger partial charge in [-0.05, 0) is 112 Å². The molecule has 0 saturated heterocycles. The minimum atomic E-state index is -0.520. The van der Waals surface area contributed by atoms with Gasteiger partial charge >= 0.3 is 0 Å². The first kappa shape index (κ1) is 22.6. The SMILES string of the molecule is COC[C@]12CC[C@@](C)(O)C[C@@H]1CC[C@H]1[C@@H]3CC[C@H](C(=O)Cn4cc(C)cn4)C3(C)CC[C@@H]12. The first-order valence-electron chi connectivity index (χ1n) is 12.9. The van der Waals surface area contributed by atoms with Crippen molar-refractivity contribution in [2.45, 2.75) is 90.7 Å². The molecule has 4 aliphatic rings. The van der Waals surface area contributed by atoms with E-state index in [0.717, 1.165) is 44.3 Å². The smallest absolute Gasteiger partial charge is 0.157 e. The Hall–Kier alpha value is -1.20. The van der Waals surface area contributed by atoms with Crippen LogP contribution in [-0.2, 0) is 16.1 Å². The lowest BCUT2D eigenvalue weighted by atomic mass is 9.43. The van der Waals surface area contributed by atoms with E-state index in [2.05, 4.69) is 12.0 Å². The molecule has 1 aromatic heterocycles. The number of ketones is 1. The summed E-state index contributed by atoms with van der Waals surface area (Å²) in [7, 11) is 1.86. The number of carbonyl (C=O) groups excluding carboxylic acids is 1. The Bertz CT molecular complexity index is 863. The summed E-state index contributed by atoms with van der Waals surface area (Å²) >= 11 is 0. The molecule has 5 heteroatoms. The maximum Gasteiger partial charge on any atom is 0.157 e. The highest BCUT2D eigenvalue weighted by Crippen LogP contribution is 2.68. The van der Waals surface area contributed by atoms with Gasteiger partial charge in [0.2, 0.25) is 0 Å². The number of Topliss-reactive ketones (excluding diaryl/α,β-unsaturated/α-hetero) is 1. The first-order chi connectivity index (χ1) is 15.2. The zero-order chi connectivity index (χ0) is 22.7. The maximum absolute atomic E-state index is 13.4. The lowest BCUT2D eigenvalue weighted by Gasteiger charge is -2.62. The molecule has 1 heterocycles. The lowest BCUT2D eigenvalue weighted by Crippen LogP contribution is -2.58. The average molecular weight is 443 g/mol. The van der Waals surface area contributed by atoms with E-state index < -0.39 is 5.60 Å². The summed E-state index contributed by atoms with van der Waals surface area (Å²) < 4.78 is 7.70. The highest BCUT2D eigenvalue weighted by atomic mass is 16.5. The summed E-state index contributed by atoms with van der Waals surface area (Å²) in [6, 6.07) is 0. The van der Waals surface area contributed by atoms with Gasteiger partial charge in [0, 0.05) is 19.2 Å². The Morgan fingerprint density at radius 3 is 2.69 bits per heavy atom. The van der Waals surface area contributed by atoms with E-state index in [1.807, 2.05) is 38.0 Å². The molecule has 1 aromatic rings. The number of fused-ring (bicyclic) bond motifs is 5. The minimum absolute atomic E-state index is 0.127. The number of rotatable bonds is 5. The van der Waals surface area contributed by atoms with Crippen LogP contribution in [0.25, 0.3) is 0 Å². The second-order valence-corrected chi connectivity index (χ2v) is 12.4. The molecule has 0 aliphatic heterocycles. The van der Waals surface area contributed by atoms with Crippen LogP contribution >= 0.6 is 0 Å². The summed E-state index contributed by atoms with van der Waals surface area (Å²) in [5.74, 6) is 3.14. The first-order valence-corrected chi connectivity index (χ1v) is 12.9. The van der Waals surface area contributed by atoms with Crippen LogP contribution in [0.2, 0.25) is 0 Å². The molecule has 178 valence electrons. The van der Waals surface area contributed by atoms with E-state index in [9.17, 15) is 9.90 Å². The van der Waals surface area contributed by atoms with Crippen LogP contribution in [0.3, 0.4) is 0 Å². The summed E-state index contributed by atoms with van der Waals surface area (Å²) in [6.45, 7) is 7.73. The number of aliphatic hydroxyl groups is 1. The Morgan fingerprint density at radius 1 is 1.16 bits per heavy atom. The van der Waals surface area contributed by atoms with Gasteiger partial charge in [0.25, 0.3) is 0 Å². The third kappa shape index (κ3) is 3.50. The zero-order valence-corrected chi connectivity index (χ0v) is 20.5. The van der Waals surface area contributed by atoms with Crippen molar-refractivity contribution in [3.63, 3.8) is 0 Å². The van der Waals surface area contributed by atoms with Gasteiger partial charge in [0.15, 0.2) is 5.78 Å². The van der Waals surface area contributed by atoms with Crippen molar-refractivity contribution in [2.24, 2.45) is 40.4 Å². The quantitative estimate of drug-likeness (QED) is 0.712. The summed E-state index contributed by atoms with van der Waals surface area (Å²) in [5.41, 5.74) is 0.936. The number of aromatic nitrogens is 2. The maximum atomic E-state index is 13.4. The van der Waals surface area contributed by atoms with Crippen molar-refractivity contribution in [1.82, 2.24) is 9.78 Å². The van der Waals surface area contributed by atoms with Crippen molar-refractivity contribution < 1.29 is 14.6 Å². The van der Waals surface area contributed by atoms with Crippen molar-refractivity contribution >= 4 is 5.78 Å². The molecule has 5 rings (SSSR count). The van der Waals surface area contributed by atoms with E-state index in [4.69, 9.17) is 4.74 Å². The molecule has 4 saturated carbocycles. The molecule has 0 aromatic carbocycles. The van der Waals surface area contributed by atoms with Crippen molar-refractivity contribution in [2.75, 3.05) is 13.7 Å². The molecule has 0 amide bonds. The van der Waals surface area contributed by atoms with Crippen LogP contribution in [0.1, 0.15) is 77.2 Å². The van der Waals surface area contributed by atoms with Crippen LogP contribution < -0.4 is 0 Å². The zero-order valence-electron chi connectivity index (χ0n) is 20.5. The molecule has 0 bridgehead atoms. The fraction of sp³-hybridized carbons (Fsp3) is 0.852. The number of carbonyl (C=O) groups is 1. The number of ether oxygens (including phenoxy) is 1. The summed E-state index contributed by atoms with van der Waals surface area (Å²) in [5, 5.41) is 15.2. The normalized spacial score (nSPS) is 45.7. The standard InChI is InChI=1S/C27H42N2O3/c1-18-14-28-29(15-18)16-24(30)23-8-7-21-20-6-5-19-13-25(2,31)11-12-27(19,17-32-4)22(20)9-10-26(21,23)3/h14-15,19-23,31H,5-13,16-17H2,1-4H3/t19-,20-,21-,22-,23+,25+,26?,27+/m0/s1. The van der Waals surface area contributed by atoms with E-state index in [0.29, 0.717) is 36.0 Å². The van der Waals surface area contributed by atoms with Crippen molar-refractivity contribution in [3.8, 4) is 0 Å². The van der Waals surface area contributed by atoms with Crippen LogP contribution in [0.5, 0.6) is 0 Å². The van der Waals surface area contributed by atoms with E-state index in [1.54, 1.807) is 0 Å². The Labute approximate surface area is 193 Å².